The topological polar surface area (TPSA) is 63.8 Å². The Bertz CT molecular complexity index is 1320. The molecule has 0 atom stereocenters. The zero-order chi connectivity index (χ0) is 22.7. The van der Waals surface area contributed by atoms with Crippen LogP contribution < -0.4 is 10.2 Å². The number of hydrogen-bond acceptors (Lipinski definition) is 4. The minimum atomic E-state index is -0.409. The Morgan fingerprint density at radius 2 is 1.78 bits per heavy atom. The summed E-state index contributed by atoms with van der Waals surface area (Å²) in [7, 11) is 0. The molecule has 0 aliphatic carbocycles. The van der Waals surface area contributed by atoms with Gasteiger partial charge >= 0.3 is 5.91 Å². The molecule has 1 amide bonds. The molecule has 0 saturated heterocycles. The molecule has 0 aliphatic rings. The van der Waals surface area contributed by atoms with Crippen LogP contribution in [-0.4, -0.2) is 12.1 Å². The molecule has 1 N–H and O–H groups in total. The van der Waals surface area contributed by atoms with Crippen molar-refractivity contribution in [2.75, 3.05) is 0 Å². The predicted molar refractivity (Wildman–Crippen MR) is 149 cm³/mol. The quantitative estimate of drug-likeness (QED) is 0.125. The van der Waals surface area contributed by atoms with Gasteiger partial charge in [-0.1, -0.05) is 44.0 Å². The number of hydrogen-bond donors (Lipinski definition) is 1. The highest BCUT2D eigenvalue weighted by molar-refractivity contribution is 14.1. The number of hydrazone groups is 1. The Labute approximate surface area is 228 Å². The van der Waals surface area contributed by atoms with Crippen LogP contribution in [0.25, 0.3) is 11.0 Å². The number of furan rings is 1. The molecule has 0 radical (unpaired) electrons. The number of rotatable bonds is 6. The maximum absolute atomic E-state index is 12.4. The van der Waals surface area contributed by atoms with E-state index in [0.29, 0.717) is 12.2 Å². The number of benzene rings is 3. The fourth-order valence-corrected chi connectivity index (χ4v) is 5.48. The Morgan fingerprint density at radius 1 is 1.00 bits per heavy atom. The van der Waals surface area contributed by atoms with Crippen LogP contribution in [0.2, 0.25) is 0 Å². The molecule has 162 valence electrons. The lowest BCUT2D eigenvalue weighted by atomic mass is 10.2. The molecule has 1 aromatic heterocycles. The molecule has 4 rings (SSSR count). The van der Waals surface area contributed by atoms with Crippen LogP contribution in [0.3, 0.4) is 0 Å². The smallest absolute Gasteiger partial charge is 0.307 e. The highest BCUT2D eigenvalue weighted by Crippen LogP contribution is 2.28. The summed E-state index contributed by atoms with van der Waals surface area (Å²) in [5.41, 5.74) is 5.12. The number of carbonyl (C=O) groups is 1. The summed E-state index contributed by atoms with van der Waals surface area (Å²) in [6.07, 6.45) is 1.58. The summed E-state index contributed by atoms with van der Waals surface area (Å²) >= 11 is 11.3. The van der Waals surface area contributed by atoms with Gasteiger partial charge in [0.2, 0.25) is 0 Å². The number of nitrogens with zero attached hydrogens (tertiary/aromatic N) is 1. The maximum atomic E-state index is 12.4. The van der Waals surface area contributed by atoms with Crippen molar-refractivity contribution in [3.8, 4) is 5.75 Å². The monoisotopic (exact) mass is 778 g/mol. The van der Waals surface area contributed by atoms with Crippen molar-refractivity contribution in [3.63, 3.8) is 0 Å². The molecule has 0 aliphatic heterocycles. The van der Waals surface area contributed by atoms with Gasteiger partial charge in [0.05, 0.1) is 13.4 Å². The second-order valence-corrected chi connectivity index (χ2v) is 10.9. The summed E-state index contributed by atoms with van der Waals surface area (Å²) in [5.74, 6) is 0.589. The first-order valence-corrected chi connectivity index (χ1v) is 13.0. The average molecular weight is 780 g/mol. The molecule has 0 saturated carbocycles. The molecular formula is C23H14Br2I2N2O3. The predicted octanol–water partition coefficient (Wildman–Crippen LogP) is 7.51. The van der Waals surface area contributed by atoms with Gasteiger partial charge in [-0.15, -0.1) is 0 Å². The van der Waals surface area contributed by atoms with Crippen LogP contribution in [-0.2, 0) is 6.61 Å². The van der Waals surface area contributed by atoms with E-state index in [0.717, 1.165) is 38.3 Å². The molecule has 0 fully saturated rings. The van der Waals surface area contributed by atoms with Crippen molar-refractivity contribution in [3.05, 3.63) is 93.6 Å². The highest BCUT2D eigenvalue weighted by atomic mass is 127. The molecule has 0 spiro atoms. The largest absolute Gasteiger partial charge is 0.488 e. The van der Waals surface area contributed by atoms with Crippen LogP contribution in [0.5, 0.6) is 5.75 Å². The number of halogens is 4. The second kappa shape index (κ2) is 10.7. The molecule has 5 nitrogen and oxygen atoms in total. The fourth-order valence-electron chi connectivity index (χ4n) is 2.86. The lowest BCUT2D eigenvalue weighted by Gasteiger charge is -2.09. The zero-order valence-electron chi connectivity index (χ0n) is 16.2. The van der Waals surface area contributed by atoms with Gasteiger partial charge in [-0.3, -0.25) is 4.79 Å². The molecule has 1 heterocycles. The summed E-state index contributed by atoms with van der Waals surface area (Å²) in [6.45, 7) is 0.486. The van der Waals surface area contributed by atoms with Crippen molar-refractivity contribution in [1.29, 1.82) is 0 Å². The number of amides is 1. The van der Waals surface area contributed by atoms with Gasteiger partial charge in [0.1, 0.15) is 17.9 Å². The molecule has 32 heavy (non-hydrogen) atoms. The van der Waals surface area contributed by atoms with Crippen molar-refractivity contribution in [2.24, 2.45) is 5.10 Å². The molecule has 0 unspecified atom stereocenters. The van der Waals surface area contributed by atoms with E-state index in [-0.39, 0.29) is 5.76 Å². The minimum absolute atomic E-state index is 0.208. The van der Waals surface area contributed by atoms with E-state index in [9.17, 15) is 4.79 Å². The van der Waals surface area contributed by atoms with Gasteiger partial charge in [0.25, 0.3) is 0 Å². The van der Waals surface area contributed by atoms with Gasteiger partial charge < -0.3 is 9.15 Å². The lowest BCUT2D eigenvalue weighted by Crippen LogP contribution is -2.16. The standard InChI is InChI=1S/C23H14Br2I2N2O3/c24-16-4-1-13(2-5-16)12-31-20-6-3-14(7-18(20)26)11-28-29-23(30)21-9-15-8-17(25)10-19(27)22(15)32-21/h1-11H,12H2,(H,29,30)/b28-11-. The van der Waals surface area contributed by atoms with Gasteiger partial charge in [0.15, 0.2) is 5.76 Å². The summed E-state index contributed by atoms with van der Waals surface area (Å²) in [4.78, 5) is 12.4. The first-order chi connectivity index (χ1) is 15.4. The Hall–Kier alpha value is -1.44. The van der Waals surface area contributed by atoms with E-state index in [4.69, 9.17) is 9.15 Å². The zero-order valence-corrected chi connectivity index (χ0v) is 23.7. The van der Waals surface area contributed by atoms with Crippen LogP contribution in [0.15, 0.2) is 79.1 Å². The third kappa shape index (κ3) is 5.91. The van der Waals surface area contributed by atoms with Crippen LogP contribution in [0.1, 0.15) is 21.7 Å². The number of nitrogens with one attached hydrogen (secondary N) is 1. The van der Waals surface area contributed by atoms with Gasteiger partial charge in [-0.25, -0.2) is 5.43 Å². The first-order valence-electron chi connectivity index (χ1n) is 9.28. The Morgan fingerprint density at radius 3 is 2.53 bits per heavy atom. The SMILES string of the molecule is O=C(N/N=C\c1ccc(OCc2ccc(Br)cc2)c(I)c1)c1cc2cc(Br)cc(I)c2o1. The Kier molecular flexibility index (Phi) is 7.90. The number of ether oxygens (including phenoxy) is 1. The third-order valence-electron chi connectivity index (χ3n) is 4.40. The van der Waals surface area contributed by atoms with Gasteiger partial charge in [-0.2, -0.15) is 5.10 Å². The highest BCUT2D eigenvalue weighted by Gasteiger charge is 2.14. The average Bonchev–Trinajstić information content (AvgIpc) is 3.19. The fraction of sp³-hybridized carbons (Fsp3) is 0.0435. The van der Waals surface area contributed by atoms with E-state index in [2.05, 4.69) is 87.6 Å². The van der Waals surface area contributed by atoms with Crippen LogP contribution in [0, 0.1) is 7.14 Å². The molecule has 0 bridgehead atoms. The number of fused-ring (bicyclic) bond motifs is 1. The van der Waals surface area contributed by atoms with E-state index in [1.165, 1.54) is 0 Å². The van der Waals surface area contributed by atoms with E-state index < -0.39 is 5.91 Å². The summed E-state index contributed by atoms with van der Waals surface area (Å²) < 4.78 is 15.4. The Balaban J connectivity index is 1.38. The van der Waals surface area contributed by atoms with E-state index in [1.54, 1.807) is 12.3 Å². The molecule has 3 aromatic carbocycles. The van der Waals surface area contributed by atoms with Crippen molar-refractivity contribution < 1.29 is 13.9 Å². The molecule has 9 heteroatoms. The van der Waals surface area contributed by atoms with Crippen molar-refractivity contribution in [2.45, 2.75) is 6.61 Å². The van der Waals surface area contributed by atoms with Crippen molar-refractivity contribution >= 4 is 100 Å². The summed E-state index contributed by atoms with van der Waals surface area (Å²) in [5, 5.41) is 4.91. The van der Waals surface area contributed by atoms with Crippen LogP contribution in [0.4, 0.5) is 0 Å². The first kappa shape index (κ1) is 23.7. The van der Waals surface area contributed by atoms with Crippen molar-refractivity contribution in [1.82, 2.24) is 5.43 Å². The second-order valence-electron chi connectivity index (χ2n) is 6.72. The third-order valence-corrected chi connectivity index (χ3v) is 7.03. The van der Waals surface area contributed by atoms with Gasteiger partial charge in [0, 0.05) is 14.3 Å². The number of carbonyl (C=O) groups excluding carboxylic acids is 1. The minimum Gasteiger partial charge on any atom is -0.488 e. The molecule has 4 aromatic rings. The lowest BCUT2D eigenvalue weighted by molar-refractivity contribution is 0.0929. The van der Waals surface area contributed by atoms with Gasteiger partial charge in [-0.05, 0) is 105 Å². The van der Waals surface area contributed by atoms with E-state index in [1.807, 2.05) is 54.6 Å². The summed E-state index contributed by atoms with van der Waals surface area (Å²) in [6, 6.07) is 19.3. The van der Waals surface area contributed by atoms with E-state index >= 15 is 0 Å². The van der Waals surface area contributed by atoms with Crippen LogP contribution >= 0.6 is 77.0 Å². The molecular weight excluding hydrogens is 766 g/mol. The maximum Gasteiger partial charge on any atom is 0.307 e. The normalized spacial score (nSPS) is 11.2.